The van der Waals surface area contributed by atoms with Crippen molar-refractivity contribution in [3.05, 3.63) is 41.4 Å². The molecule has 1 aliphatic rings. The number of aromatic nitrogens is 1. The van der Waals surface area contributed by atoms with Gasteiger partial charge in [0.25, 0.3) is 5.91 Å². The van der Waals surface area contributed by atoms with Gasteiger partial charge in [-0.15, -0.1) is 11.3 Å². The van der Waals surface area contributed by atoms with E-state index in [0.29, 0.717) is 13.1 Å². The number of hydrogen-bond acceptors (Lipinski definition) is 5. The van der Waals surface area contributed by atoms with Crippen LogP contribution in [0.4, 0.5) is 0 Å². The summed E-state index contributed by atoms with van der Waals surface area (Å²) < 4.78 is 6.13. The fourth-order valence-corrected chi connectivity index (χ4v) is 3.97. The number of allylic oxidation sites excluding steroid dienone is 1. The fraction of sp³-hybridized carbons (Fsp3) is 0.389. The van der Waals surface area contributed by atoms with Gasteiger partial charge in [-0.05, 0) is 31.9 Å². The number of fused-ring (bicyclic) bond motifs is 1. The quantitative estimate of drug-likeness (QED) is 0.632. The van der Waals surface area contributed by atoms with E-state index in [4.69, 9.17) is 9.72 Å². The lowest BCUT2D eigenvalue weighted by Gasteiger charge is -2.31. The van der Waals surface area contributed by atoms with E-state index in [0.717, 1.165) is 23.4 Å². The molecule has 126 valence electrons. The average Bonchev–Trinajstić information content (AvgIpc) is 3.04. The lowest BCUT2D eigenvalue weighted by atomic mass is 9.99. The molecule has 2 heterocycles. The minimum absolute atomic E-state index is 0.140. The van der Waals surface area contributed by atoms with E-state index in [-0.39, 0.29) is 18.4 Å². The molecular formula is C18H20N2O3S. The molecule has 0 unspecified atom stereocenters. The summed E-state index contributed by atoms with van der Waals surface area (Å²) in [6, 6.07) is 8.09. The number of carbonyl (C=O) groups excluding carboxylic acids is 2. The van der Waals surface area contributed by atoms with E-state index in [1.165, 1.54) is 10.8 Å². The predicted molar refractivity (Wildman–Crippen MR) is 93.9 cm³/mol. The van der Waals surface area contributed by atoms with Crippen molar-refractivity contribution in [2.75, 3.05) is 19.7 Å². The van der Waals surface area contributed by atoms with E-state index < -0.39 is 5.97 Å². The number of rotatable bonds is 4. The fourth-order valence-electron chi connectivity index (χ4n) is 2.88. The van der Waals surface area contributed by atoms with E-state index in [2.05, 4.69) is 6.07 Å². The number of esters is 1. The number of piperidine rings is 1. The molecule has 1 aliphatic heterocycles. The zero-order valence-electron chi connectivity index (χ0n) is 13.6. The van der Waals surface area contributed by atoms with Gasteiger partial charge in [-0.2, -0.15) is 0 Å². The third-order valence-electron chi connectivity index (χ3n) is 4.07. The van der Waals surface area contributed by atoms with Gasteiger partial charge in [0, 0.05) is 25.1 Å². The van der Waals surface area contributed by atoms with Crippen LogP contribution in [0, 0.1) is 0 Å². The largest absolute Gasteiger partial charge is 0.452 e. The Kier molecular flexibility index (Phi) is 5.25. The van der Waals surface area contributed by atoms with Crippen LogP contribution in [0.15, 0.2) is 36.4 Å². The maximum absolute atomic E-state index is 12.3. The van der Waals surface area contributed by atoms with Gasteiger partial charge >= 0.3 is 5.97 Å². The monoisotopic (exact) mass is 344 g/mol. The highest BCUT2D eigenvalue weighted by molar-refractivity contribution is 7.18. The van der Waals surface area contributed by atoms with Crippen molar-refractivity contribution in [2.24, 2.45) is 0 Å². The Morgan fingerprint density at radius 3 is 3.04 bits per heavy atom. The number of benzene rings is 1. The molecule has 5 nitrogen and oxygen atoms in total. The van der Waals surface area contributed by atoms with Crippen LogP contribution in [-0.2, 0) is 14.3 Å². The van der Waals surface area contributed by atoms with Crippen molar-refractivity contribution in [3.8, 4) is 0 Å². The molecule has 0 spiro atoms. The summed E-state index contributed by atoms with van der Waals surface area (Å²) in [6.07, 6.45) is 4.88. The number of likely N-dealkylation sites (tertiary alicyclic amines) is 1. The molecule has 1 saturated heterocycles. The van der Waals surface area contributed by atoms with E-state index in [1.54, 1.807) is 29.2 Å². The van der Waals surface area contributed by atoms with Crippen LogP contribution in [0.5, 0.6) is 0 Å². The van der Waals surface area contributed by atoms with E-state index in [9.17, 15) is 9.59 Å². The van der Waals surface area contributed by atoms with Gasteiger partial charge in [0.05, 0.1) is 15.2 Å². The predicted octanol–water partition coefficient (Wildman–Crippen LogP) is 3.12. The van der Waals surface area contributed by atoms with Gasteiger partial charge in [0.2, 0.25) is 0 Å². The maximum atomic E-state index is 12.3. The number of amides is 1. The Bertz CT molecular complexity index is 735. The number of carbonyl (C=O) groups is 2. The van der Waals surface area contributed by atoms with Gasteiger partial charge in [0.15, 0.2) is 6.61 Å². The van der Waals surface area contributed by atoms with Crippen LogP contribution in [0.1, 0.15) is 30.7 Å². The van der Waals surface area contributed by atoms with Gasteiger partial charge < -0.3 is 9.64 Å². The van der Waals surface area contributed by atoms with Crippen molar-refractivity contribution in [2.45, 2.75) is 25.7 Å². The first-order valence-corrected chi connectivity index (χ1v) is 8.91. The van der Waals surface area contributed by atoms with Crippen molar-refractivity contribution in [1.29, 1.82) is 0 Å². The first-order valence-electron chi connectivity index (χ1n) is 8.10. The van der Waals surface area contributed by atoms with Crippen molar-refractivity contribution >= 4 is 33.4 Å². The molecule has 0 aliphatic carbocycles. The average molecular weight is 344 g/mol. The Hall–Kier alpha value is -2.21. The Morgan fingerprint density at radius 1 is 1.42 bits per heavy atom. The second kappa shape index (κ2) is 7.57. The highest BCUT2D eigenvalue weighted by Gasteiger charge is 2.27. The van der Waals surface area contributed by atoms with E-state index >= 15 is 0 Å². The van der Waals surface area contributed by atoms with Crippen molar-refractivity contribution in [1.82, 2.24) is 9.88 Å². The normalized spacial score (nSPS) is 18.2. The standard InChI is InChI=1S/C18H20N2O3S/c1-2-6-17(22)23-12-16(21)20-10-5-7-13(11-20)18-19-14-8-3-4-9-15(14)24-18/h2-4,6,8-9,13H,5,7,10-12H2,1H3/b6-2+/t13-/m0/s1. The molecule has 2 aromatic rings. The van der Waals surface area contributed by atoms with Crippen LogP contribution >= 0.6 is 11.3 Å². The minimum Gasteiger partial charge on any atom is -0.452 e. The molecule has 0 radical (unpaired) electrons. The number of thiazole rings is 1. The minimum atomic E-state index is -0.481. The summed E-state index contributed by atoms with van der Waals surface area (Å²) in [7, 11) is 0. The first kappa shape index (κ1) is 16.6. The SMILES string of the molecule is C/C=C/C(=O)OCC(=O)N1CCC[C@H](c2nc3ccccc3s2)C1. The van der Waals surface area contributed by atoms with Crippen molar-refractivity contribution < 1.29 is 14.3 Å². The zero-order chi connectivity index (χ0) is 16.9. The van der Waals surface area contributed by atoms with Gasteiger partial charge in [-0.1, -0.05) is 18.2 Å². The van der Waals surface area contributed by atoms with Crippen LogP contribution in [0.2, 0.25) is 0 Å². The highest BCUT2D eigenvalue weighted by atomic mass is 32.1. The molecule has 1 aromatic heterocycles. The van der Waals surface area contributed by atoms with Crippen LogP contribution in [0.25, 0.3) is 10.2 Å². The smallest absolute Gasteiger partial charge is 0.330 e. The van der Waals surface area contributed by atoms with Crippen LogP contribution in [0.3, 0.4) is 0 Å². The molecule has 0 N–H and O–H groups in total. The maximum Gasteiger partial charge on any atom is 0.330 e. The van der Waals surface area contributed by atoms with Crippen LogP contribution in [-0.4, -0.2) is 41.5 Å². The summed E-state index contributed by atoms with van der Waals surface area (Å²) in [5.74, 6) is -0.365. The molecule has 24 heavy (non-hydrogen) atoms. The van der Waals surface area contributed by atoms with Gasteiger partial charge in [-0.3, -0.25) is 4.79 Å². The number of ether oxygens (including phenoxy) is 1. The number of hydrogen-bond donors (Lipinski definition) is 0. The van der Waals surface area contributed by atoms with Gasteiger partial charge in [0.1, 0.15) is 0 Å². The lowest BCUT2D eigenvalue weighted by Crippen LogP contribution is -2.41. The van der Waals surface area contributed by atoms with Gasteiger partial charge in [-0.25, -0.2) is 9.78 Å². The number of para-hydroxylation sites is 1. The molecule has 3 rings (SSSR count). The van der Waals surface area contributed by atoms with Crippen LogP contribution < -0.4 is 0 Å². The lowest BCUT2D eigenvalue weighted by molar-refractivity contribution is -0.148. The van der Waals surface area contributed by atoms with Crippen molar-refractivity contribution in [3.63, 3.8) is 0 Å². The molecule has 1 amide bonds. The summed E-state index contributed by atoms with van der Waals surface area (Å²) in [5, 5.41) is 1.08. The summed E-state index contributed by atoms with van der Waals surface area (Å²) in [4.78, 5) is 30.1. The molecule has 1 aromatic carbocycles. The molecule has 1 fully saturated rings. The highest BCUT2D eigenvalue weighted by Crippen LogP contribution is 2.32. The second-order valence-electron chi connectivity index (χ2n) is 5.81. The Balaban J connectivity index is 1.63. The summed E-state index contributed by atoms with van der Waals surface area (Å²) >= 11 is 1.70. The molecular weight excluding hydrogens is 324 g/mol. The molecule has 1 atom stereocenters. The summed E-state index contributed by atoms with van der Waals surface area (Å²) in [6.45, 7) is 2.88. The third kappa shape index (κ3) is 3.82. The second-order valence-corrected chi connectivity index (χ2v) is 6.87. The topological polar surface area (TPSA) is 59.5 Å². The van der Waals surface area contributed by atoms with E-state index in [1.807, 2.05) is 18.2 Å². The molecule has 6 heteroatoms. The molecule has 0 bridgehead atoms. The molecule has 0 saturated carbocycles. The zero-order valence-corrected chi connectivity index (χ0v) is 14.4. The third-order valence-corrected chi connectivity index (χ3v) is 5.27. The first-order chi connectivity index (χ1) is 11.7. The summed E-state index contributed by atoms with van der Waals surface area (Å²) in [5.41, 5.74) is 1.02. The Labute approximate surface area is 144 Å². The Morgan fingerprint density at radius 2 is 2.25 bits per heavy atom. The number of nitrogens with zero attached hydrogens (tertiary/aromatic N) is 2.